The summed E-state index contributed by atoms with van der Waals surface area (Å²) in [5.74, 6) is -0.935. The molecule has 0 unspecified atom stereocenters. The first-order valence-electron chi connectivity index (χ1n) is 9.20. The van der Waals surface area contributed by atoms with Gasteiger partial charge in [0.05, 0.1) is 0 Å². The van der Waals surface area contributed by atoms with Gasteiger partial charge in [-0.25, -0.2) is 4.79 Å². The van der Waals surface area contributed by atoms with Gasteiger partial charge in [0, 0.05) is 50.3 Å². The summed E-state index contributed by atoms with van der Waals surface area (Å²) in [4.78, 5) is 12.2. The Balaban J connectivity index is 1.99. The smallest absolute Gasteiger partial charge is 0.352 e. The molecule has 148 valence electrons. The number of rotatable bonds is 9. The summed E-state index contributed by atoms with van der Waals surface area (Å²) in [5, 5.41) is 14.2. The highest BCUT2D eigenvalue weighted by molar-refractivity contribution is 5.98. The second-order valence-corrected chi connectivity index (χ2v) is 6.75. The Morgan fingerprint density at radius 1 is 1.11 bits per heavy atom. The molecule has 3 rings (SSSR count). The van der Waals surface area contributed by atoms with Crippen molar-refractivity contribution in [1.29, 1.82) is 0 Å². The molecule has 6 heteroatoms. The van der Waals surface area contributed by atoms with Crippen molar-refractivity contribution in [3.63, 3.8) is 0 Å². The van der Waals surface area contributed by atoms with E-state index < -0.39 is 5.97 Å². The number of nitrogens with zero attached hydrogens (tertiary/aromatic N) is 1. The van der Waals surface area contributed by atoms with Gasteiger partial charge in [-0.1, -0.05) is 48.0 Å². The van der Waals surface area contributed by atoms with E-state index in [4.69, 9.17) is 9.47 Å². The van der Waals surface area contributed by atoms with Gasteiger partial charge < -0.3 is 24.5 Å². The Bertz CT molecular complexity index is 943. The molecule has 0 aliphatic heterocycles. The molecule has 0 spiro atoms. The number of hydrogen-bond acceptors (Lipinski definition) is 4. The molecule has 0 atom stereocenters. The number of ether oxygens (including phenoxy) is 2. The van der Waals surface area contributed by atoms with Crippen molar-refractivity contribution in [2.24, 2.45) is 0 Å². The number of methoxy groups -OCH3 is 2. The average molecular weight is 382 g/mol. The molecule has 0 aliphatic carbocycles. The van der Waals surface area contributed by atoms with Crippen LogP contribution in [-0.4, -0.2) is 42.7 Å². The highest BCUT2D eigenvalue weighted by atomic mass is 16.7. The molecule has 2 aromatic carbocycles. The summed E-state index contributed by atoms with van der Waals surface area (Å²) < 4.78 is 12.3. The predicted octanol–water partition coefficient (Wildman–Crippen LogP) is 3.40. The zero-order valence-corrected chi connectivity index (χ0v) is 16.4. The van der Waals surface area contributed by atoms with E-state index in [1.54, 1.807) is 14.2 Å². The Morgan fingerprint density at radius 3 is 2.43 bits per heavy atom. The third-order valence-corrected chi connectivity index (χ3v) is 4.88. The summed E-state index contributed by atoms with van der Waals surface area (Å²) in [6, 6.07) is 16.0. The van der Waals surface area contributed by atoms with Crippen LogP contribution in [0.25, 0.3) is 10.9 Å². The fourth-order valence-corrected chi connectivity index (χ4v) is 3.42. The molecule has 2 N–H and O–H groups in total. The van der Waals surface area contributed by atoms with Gasteiger partial charge in [-0.15, -0.1) is 0 Å². The number of aromatic nitrogens is 1. The van der Waals surface area contributed by atoms with Crippen molar-refractivity contribution < 1.29 is 19.4 Å². The largest absolute Gasteiger partial charge is 0.477 e. The fourth-order valence-electron chi connectivity index (χ4n) is 3.42. The lowest BCUT2D eigenvalue weighted by molar-refractivity contribution is -0.0988. The number of nitrogens with one attached hydrogen (secondary N) is 1. The van der Waals surface area contributed by atoms with Crippen molar-refractivity contribution in [1.82, 2.24) is 9.88 Å². The number of para-hydroxylation sites is 1. The lowest BCUT2D eigenvalue weighted by atomic mass is 10.1. The van der Waals surface area contributed by atoms with Crippen LogP contribution < -0.4 is 5.32 Å². The third kappa shape index (κ3) is 4.25. The molecule has 0 saturated heterocycles. The molecule has 0 radical (unpaired) electrons. The van der Waals surface area contributed by atoms with Crippen molar-refractivity contribution >= 4 is 16.9 Å². The van der Waals surface area contributed by atoms with Gasteiger partial charge in [0.25, 0.3) is 0 Å². The summed E-state index contributed by atoms with van der Waals surface area (Å²) in [5.41, 5.74) is 4.22. The van der Waals surface area contributed by atoms with E-state index in [0.717, 1.165) is 22.0 Å². The summed E-state index contributed by atoms with van der Waals surface area (Å²) >= 11 is 0. The molecular formula is C22H26N2O4. The first kappa shape index (κ1) is 20.1. The Kier molecular flexibility index (Phi) is 6.46. The van der Waals surface area contributed by atoms with Crippen LogP contribution in [0.1, 0.15) is 27.2 Å². The predicted molar refractivity (Wildman–Crippen MR) is 109 cm³/mol. The van der Waals surface area contributed by atoms with Gasteiger partial charge in [-0.05, 0) is 18.6 Å². The van der Waals surface area contributed by atoms with E-state index in [9.17, 15) is 9.90 Å². The maximum Gasteiger partial charge on any atom is 0.352 e. The maximum atomic E-state index is 12.2. The number of benzene rings is 2. The molecular weight excluding hydrogens is 356 g/mol. The van der Waals surface area contributed by atoms with Gasteiger partial charge in [0.15, 0.2) is 6.29 Å². The molecule has 0 saturated carbocycles. The van der Waals surface area contributed by atoms with Crippen LogP contribution in [0.5, 0.6) is 0 Å². The number of carboxylic acids is 1. The minimum absolute atomic E-state index is 0.306. The van der Waals surface area contributed by atoms with E-state index in [1.165, 1.54) is 5.56 Å². The molecule has 0 aliphatic rings. The minimum Gasteiger partial charge on any atom is -0.477 e. The SMILES string of the molecule is COC(CNCc1c(C(=O)O)n(Cc2ccc(C)cc2)c2ccccc12)OC. The first-order chi connectivity index (χ1) is 13.5. The van der Waals surface area contributed by atoms with Gasteiger partial charge >= 0.3 is 5.97 Å². The second kappa shape index (κ2) is 9.01. The Labute approximate surface area is 164 Å². The molecule has 0 fully saturated rings. The first-order valence-corrected chi connectivity index (χ1v) is 9.20. The van der Waals surface area contributed by atoms with E-state index in [2.05, 4.69) is 5.32 Å². The van der Waals surface area contributed by atoms with Gasteiger partial charge in [0.1, 0.15) is 5.69 Å². The highest BCUT2D eigenvalue weighted by Gasteiger charge is 2.22. The molecule has 3 aromatic rings. The quantitative estimate of drug-likeness (QED) is 0.555. The number of aromatic carboxylic acids is 1. The van der Waals surface area contributed by atoms with Crippen molar-refractivity contribution in [3.05, 3.63) is 70.9 Å². The van der Waals surface area contributed by atoms with Crippen molar-refractivity contribution in [3.8, 4) is 0 Å². The topological polar surface area (TPSA) is 72.7 Å². The Morgan fingerprint density at radius 2 is 1.79 bits per heavy atom. The molecule has 1 heterocycles. The number of aryl methyl sites for hydroxylation is 1. The number of hydrogen-bond donors (Lipinski definition) is 2. The van der Waals surface area contributed by atoms with Gasteiger partial charge in [-0.2, -0.15) is 0 Å². The summed E-state index contributed by atoms with van der Waals surface area (Å²) in [6.07, 6.45) is -0.380. The van der Waals surface area contributed by atoms with E-state index in [1.807, 2.05) is 60.0 Å². The molecule has 1 aromatic heterocycles. The van der Waals surface area contributed by atoms with Crippen LogP contribution in [0.2, 0.25) is 0 Å². The minimum atomic E-state index is -0.935. The zero-order chi connectivity index (χ0) is 20.1. The fraction of sp³-hybridized carbons (Fsp3) is 0.318. The van der Waals surface area contributed by atoms with Crippen LogP contribution >= 0.6 is 0 Å². The lowest BCUT2D eigenvalue weighted by Gasteiger charge is -2.14. The van der Waals surface area contributed by atoms with Gasteiger partial charge in [0.2, 0.25) is 0 Å². The monoisotopic (exact) mass is 382 g/mol. The van der Waals surface area contributed by atoms with Crippen LogP contribution in [-0.2, 0) is 22.6 Å². The standard InChI is InChI=1S/C22H26N2O4/c1-15-8-10-16(11-9-15)14-24-19-7-5-4-6-17(19)18(21(24)22(25)26)12-23-13-20(27-2)28-3/h4-11,20,23H,12-14H2,1-3H3,(H,25,26). The maximum absolute atomic E-state index is 12.2. The molecule has 6 nitrogen and oxygen atoms in total. The van der Waals surface area contributed by atoms with Crippen molar-refractivity contribution in [2.75, 3.05) is 20.8 Å². The summed E-state index contributed by atoms with van der Waals surface area (Å²) in [7, 11) is 3.15. The number of carboxylic acid groups (broad SMARTS) is 1. The van der Waals surface area contributed by atoms with Crippen LogP contribution in [0, 0.1) is 6.92 Å². The van der Waals surface area contributed by atoms with Gasteiger partial charge in [-0.3, -0.25) is 0 Å². The third-order valence-electron chi connectivity index (χ3n) is 4.88. The second-order valence-electron chi connectivity index (χ2n) is 6.75. The van der Waals surface area contributed by atoms with Crippen molar-refractivity contribution in [2.45, 2.75) is 26.3 Å². The number of carbonyl (C=O) groups is 1. The van der Waals surface area contributed by atoms with E-state index in [-0.39, 0.29) is 6.29 Å². The molecule has 28 heavy (non-hydrogen) atoms. The highest BCUT2D eigenvalue weighted by Crippen LogP contribution is 2.27. The average Bonchev–Trinajstić information content (AvgIpc) is 3.01. The van der Waals surface area contributed by atoms with Crippen LogP contribution in [0.4, 0.5) is 0 Å². The zero-order valence-electron chi connectivity index (χ0n) is 16.4. The molecule has 0 bridgehead atoms. The van der Waals surface area contributed by atoms with Crippen LogP contribution in [0.3, 0.4) is 0 Å². The normalized spacial score (nSPS) is 11.4. The van der Waals surface area contributed by atoms with E-state index in [0.29, 0.717) is 25.3 Å². The van der Waals surface area contributed by atoms with E-state index >= 15 is 0 Å². The van der Waals surface area contributed by atoms with Crippen LogP contribution in [0.15, 0.2) is 48.5 Å². The molecule has 0 amide bonds. The Hall–Kier alpha value is -2.67. The summed E-state index contributed by atoms with van der Waals surface area (Å²) in [6.45, 7) is 3.41. The number of fused-ring (bicyclic) bond motifs is 1. The lowest BCUT2D eigenvalue weighted by Crippen LogP contribution is -2.29.